The first-order chi connectivity index (χ1) is 9.43. The van der Waals surface area contributed by atoms with E-state index in [0.29, 0.717) is 10.4 Å². The molecule has 3 aromatic heterocycles. The summed E-state index contributed by atoms with van der Waals surface area (Å²) < 4.78 is 1.13. The second kappa shape index (κ2) is 4.90. The van der Waals surface area contributed by atoms with Gasteiger partial charge < -0.3 is 0 Å². The van der Waals surface area contributed by atoms with Gasteiger partial charge in [0.25, 0.3) is 5.56 Å². The summed E-state index contributed by atoms with van der Waals surface area (Å²) in [5.41, 5.74) is -0.323. The average Bonchev–Trinajstić information content (AvgIpc) is 2.41. The number of fused-ring (bicyclic) bond motifs is 3. The first-order valence-electron chi connectivity index (χ1n) is 5.12. The van der Waals surface area contributed by atoms with E-state index in [2.05, 4.69) is 9.97 Å². The molecular formula is C11H2Cl5N3O. The fraction of sp³-hybridized carbons (Fsp3) is 0. The van der Waals surface area contributed by atoms with Gasteiger partial charge in [-0.3, -0.25) is 4.79 Å². The van der Waals surface area contributed by atoms with Crippen LogP contribution in [0.15, 0.2) is 17.1 Å². The normalized spacial score (nSPS) is 11.4. The van der Waals surface area contributed by atoms with Crippen molar-refractivity contribution in [3.05, 3.63) is 47.9 Å². The molecule has 3 rings (SSSR count). The van der Waals surface area contributed by atoms with Crippen LogP contribution in [0, 0.1) is 0 Å². The molecule has 0 N–H and O–H groups in total. The Morgan fingerprint density at radius 2 is 1.65 bits per heavy atom. The van der Waals surface area contributed by atoms with Crippen molar-refractivity contribution in [3.63, 3.8) is 0 Å². The molecule has 0 unspecified atom stereocenters. The maximum absolute atomic E-state index is 12.3. The average molecular weight is 369 g/mol. The van der Waals surface area contributed by atoms with Crippen molar-refractivity contribution >= 4 is 74.7 Å². The zero-order chi connectivity index (χ0) is 14.6. The van der Waals surface area contributed by atoms with Crippen molar-refractivity contribution < 1.29 is 0 Å². The lowest BCUT2D eigenvalue weighted by Crippen LogP contribution is -2.18. The van der Waals surface area contributed by atoms with E-state index in [1.807, 2.05) is 0 Å². The van der Waals surface area contributed by atoms with Gasteiger partial charge in [0.05, 0.1) is 15.4 Å². The van der Waals surface area contributed by atoms with Crippen LogP contribution in [-0.4, -0.2) is 14.4 Å². The number of aromatic nitrogens is 3. The Bertz CT molecular complexity index is 937. The highest BCUT2D eigenvalue weighted by Gasteiger charge is 2.19. The van der Waals surface area contributed by atoms with Crippen LogP contribution in [0.5, 0.6) is 0 Å². The third-order valence-corrected chi connectivity index (χ3v) is 4.55. The highest BCUT2D eigenvalue weighted by Crippen LogP contribution is 2.36. The summed E-state index contributed by atoms with van der Waals surface area (Å²) in [5.74, 6) is 0. The zero-order valence-corrected chi connectivity index (χ0v) is 13.1. The topological polar surface area (TPSA) is 47.3 Å². The van der Waals surface area contributed by atoms with Crippen LogP contribution < -0.4 is 5.56 Å². The number of halogens is 5. The molecule has 0 saturated carbocycles. The van der Waals surface area contributed by atoms with Gasteiger partial charge in [0, 0.05) is 6.20 Å². The van der Waals surface area contributed by atoms with Gasteiger partial charge in [-0.25, -0.2) is 14.4 Å². The summed E-state index contributed by atoms with van der Waals surface area (Å²) in [6.45, 7) is 0. The number of nitrogens with zero attached hydrogens (tertiary/aromatic N) is 3. The minimum atomic E-state index is -0.597. The Balaban J connectivity index is 2.78. The lowest BCUT2D eigenvalue weighted by molar-refractivity contribution is 1.06. The van der Waals surface area contributed by atoms with Gasteiger partial charge in [-0.1, -0.05) is 58.0 Å². The van der Waals surface area contributed by atoms with Crippen LogP contribution >= 0.6 is 58.0 Å². The van der Waals surface area contributed by atoms with Crippen molar-refractivity contribution in [1.29, 1.82) is 0 Å². The molecule has 0 fully saturated rings. The molecule has 102 valence electrons. The van der Waals surface area contributed by atoms with Gasteiger partial charge in [-0.15, -0.1) is 0 Å². The molecule has 0 atom stereocenters. The standard InChI is InChI=1S/C11H2Cl5N3O/c12-3-1-2-17-9-4(3)5(13)6(14)10-18-8(16)7(15)11(20)19(9)10/h1-2H. The van der Waals surface area contributed by atoms with E-state index in [-0.39, 0.29) is 31.5 Å². The monoisotopic (exact) mass is 367 g/mol. The Hall–Kier alpha value is -0.780. The number of hydrogen-bond donors (Lipinski definition) is 0. The second-order valence-corrected chi connectivity index (χ2v) is 5.70. The lowest BCUT2D eigenvalue weighted by atomic mass is 10.2. The van der Waals surface area contributed by atoms with Crippen LogP contribution in [0.1, 0.15) is 0 Å². The van der Waals surface area contributed by atoms with Gasteiger partial charge in [0.1, 0.15) is 10.0 Å². The summed E-state index contributed by atoms with van der Waals surface area (Å²) in [5, 5.41) is 0.453. The summed E-state index contributed by atoms with van der Waals surface area (Å²) in [6, 6.07) is 1.54. The largest absolute Gasteiger partial charge is 0.279 e. The first kappa shape index (κ1) is 14.2. The van der Waals surface area contributed by atoms with Gasteiger partial charge in [0.15, 0.2) is 16.4 Å². The molecule has 0 aliphatic rings. The first-order valence-corrected chi connectivity index (χ1v) is 7.01. The molecule has 0 aliphatic heterocycles. The van der Waals surface area contributed by atoms with Crippen LogP contribution in [0.2, 0.25) is 25.2 Å². The van der Waals surface area contributed by atoms with Gasteiger partial charge in [-0.2, -0.15) is 0 Å². The smallest absolute Gasteiger partial charge is 0.267 e. The summed E-state index contributed by atoms with van der Waals surface area (Å²) in [4.78, 5) is 20.3. The summed E-state index contributed by atoms with van der Waals surface area (Å²) in [6.07, 6.45) is 1.43. The molecule has 0 bridgehead atoms. The van der Waals surface area contributed by atoms with Gasteiger partial charge in [-0.05, 0) is 6.07 Å². The van der Waals surface area contributed by atoms with Gasteiger partial charge in [0.2, 0.25) is 0 Å². The maximum Gasteiger partial charge on any atom is 0.279 e. The van der Waals surface area contributed by atoms with E-state index in [4.69, 9.17) is 58.0 Å². The molecule has 3 heterocycles. The third-order valence-electron chi connectivity index (χ3n) is 2.69. The van der Waals surface area contributed by atoms with E-state index in [1.165, 1.54) is 12.3 Å². The number of hydrogen-bond acceptors (Lipinski definition) is 3. The number of pyridine rings is 2. The SMILES string of the molecule is O=c1c(Cl)c(Cl)nc2c(Cl)c(Cl)c3c(Cl)ccnc3n12. The van der Waals surface area contributed by atoms with Crippen molar-refractivity contribution in [2.24, 2.45) is 0 Å². The van der Waals surface area contributed by atoms with E-state index in [9.17, 15) is 4.79 Å². The maximum atomic E-state index is 12.3. The quantitative estimate of drug-likeness (QED) is 0.433. The second-order valence-electron chi connectivity index (χ2n) is 3.80. The van der Waals surface area contributed by atoms with Gasteiger partial charge >= 0.3 is 0 Å². The molecule has 0 saturated heterocycles. The predicted molar refractivity (Wildman–Crippen MR) is 81.8 cm³/mol. The van der Waals surface area contributed by atoms with E-state index in [1.54, 1.807) is 0 Å². The highest BCUT2D eigenvalue weighted by atomic mass is 35.5. The predicted octanol–water partition coefficient (Wildman–Crippen LogP) is 4.51. The van der Waals surface area contributed by atoms with Crippen molar-refractivity contribution in [2.75, 3.05) is 0 Å². The number of rotatable bonds is 0. The molecule has 0 amide bonds. The van der Waals surface area contributed by atoms with Crippen molar-refractivity contribution in [2.45, 2.75) is 0 Å². The highest BCUT2D eigenvalue weighted by molar-refractivity contribution is 6.49. The fourth-order valence-corrected chi connectivity index (χ4v) is 2.89. The lowest BCUT2D eigenvalue weighted by Gasteiger charge is -2.10. The van der Waals surface area contributed by atoms with E-state index < -0.39 is 5.56 Å². The molecule has 0 aliphatic carbocycles. The molecular weight excluding hydrogens is 367 g/mol. The van der Waals surface area contributed by atoms with Crippen LogP contribution in [0.25, 0.3) is 16.7 Å². The zero-order valence-electron chi connectivity index (χ0n) is 9.29. The van der Waals surface area contributed by atoms with E-state index in [0.717, 1.165) is 4.40 Å². The molecule has 0 radical (unpaired) electrons. The van der Waals surface area contributed by atoms with Crippen molar-refractivity contribution in [1.82, 2.24) is 14.4 Å². The van der Waals surface area contributed by atoms with Crippen LogP contribution in [0.3, 0.4) is 0 Å². The molecule has 3 aromatic rings. The third kappa shape index (κ3) is 1.87. The van der Waals surface area contributed by atoms with Crippen molar-refractivity contribution in [3.8, 4) is 0 Å². The molecule has 20 heavy (non-hydrogen) atoms. The summed E-state index contributed by atoms with van der Waals surface area (Å²) >= 11 is 30.0. The molecule has 0 aromatic carbocycles. The summed E-state index contributed by atoms with van der Waals surface area (Å²) in [7, 11) is 0. The minimum absolute atomic E-state index is 0.0460. The minimum Gasteiger partial charge on any atom is -0.267 e. The van der Waals surface area contributed by atoms with Crippen LogP contribution in [0.4, 0.5) is 0 Å². The van der Waals surface area contributed by atoms with Crippen LogP contribution in [-0.2, 0) is 0 Å². The molecule has 4 nitrogen and oxygen atoms in total. The Labute approximate surface area is 136 Å². The fourth-order valence-electron chi connectivity index (χ4n) is 1.83. The Morgan fingerprint density at radius 3 is 2.35 bits per heavy atom. The Kier molecular flexibility index (Phi) is 3.47. The van der Waals surface area contributed by atoms with E-state index >= 15 is 0 Å². The Morgan fingerprint density at radius 1 is 0.950 bits per heavy atom. The molecule has 0 spiro atoms. The molecule has 9 heteroatoms.